The van der Waals surface area contributed by atoms with E-state index in [1.165, 1.54) is 88.0 Å². The third kappa shape index (κ3) is 4.78. The fourth-order valence-corrected chi connectivity index (χ4v) is 7.44. The standard InChI is InChI=1S/C48H32/c1-5-15-33(16-6-1)37-26-28-44-45(31-37)47(36-21-11-4-12-22-36)43-27-25-38(34-17-7-2-8-18-34)32-46(43)48(44)42-30-29-39(35-19-9-3-10-20-35)40-23-13-14-24-41(40)42/h1-32H. The lowest BCUT2D eigenvalue weighted by Gasteiger charge is -2.21. The Bertz CT molecular complexity index is 2570. The van der Waals surface area contributed by atoms with Crippen molar-refractivity contribution >= 4 is 32.3 Å². The highest BCUT2D eigenvalue weighted by Crippen LogP contribution is 2.48. The van der Waals surface area contributed by atoms with Gasteiger partial charge >= 0.3 is 0 Å². The quantitative estimate of drug-likeness (QED) is 0.171. The molecule has 48 heavy (non-hydrogen) atoms. The Hall–Kier alpha value is -6.24. The van der Waals surface area contributed by atoms with Crippen molar-refractivity contribution in [2.45, 2.75) is 0 Å². The molecule has 0 heteroatoms. The third-order valence-electron chi connectivity index (χ3n) is 9.67. The first kappa shape index (κ1) is 28.0. The molecule has 0 N–H and O–H groups in total. The first-order valence-electron chi connectivity index (χ1n) is 16.6. The molecule has 0 aromatic heterocycles. The van der Waals surface area contributed by atoms with Crippen LogP contribution in [0.25, 0.3) is 88.0 Å². The zero-order chi connectivity index (χ0) is 31.9. The van der Waals surface area contributed by atoms with Crippen LogP contribution in [0.5, 0.6) is 0 Å². The topological polar surface area (TPSA) is 0 Å². The van der Waals surface area contributed by atoms with Crippen LogP contribution >= 0.6 is 0 Å². The maximum atomic E-state index is 2.41. The molecule has 9 aromatic carbocycles. The molecule has 0 bridgehead atoms. The normalized spacial score (nSPS) is 11.3. The Balaban J connectivity index is 1.44. The van der Waals surface area contributed by atoms with Gasteiger partial charge in [0.25, 0.3) is 0 Å². The smallest absolute Gasteiger partial charge is 0.00199 e. The minimum atomic E-state index is 1.22. The molecule has 9 aromatic rings. The summed E-state index contributed by atoms with van der Waals surface area (Å²) in [5, 5.41) is 7.54. The van der Waals surface area contributed by atoms with Gasteiger partial charge < -0.3 is 0 Å². The molecule has 0 unspecified atom stereocenters. The van der Waals surface area contributed by atoms with Crippen LogP contribution in [0.15, 0.2) is 194 Å². The zero-order valence-electron chi connectivity index (χ0n) is 26.5. The Morgan fingerprint density at radius 3 is 1.12 bits per heavy atom. The molecule has 0 saturated heterocycles. The van der Waals surface area contributed by atoms with Gasteiger partial charge in [-0.05, 0) is 100 Å². The molecule has 0 aliphatic heterocycles. The van der Waals surface area contributed by atoms with Crippen molar-refractivity contribution in [1.82, 2.24) is 0 Å². The second kappa shape index (κ2) is 11.8. The van der Waals surface area contributed by atoms with E-state index in [9.17, 15) is 0 Å². The molecule has 0 atom stereocenters. The minimum Gasteiger partial charge on any atom is -0.0622 e. The highest BCUT2D eigenvalue weighted by atomic mass is 14.2. The van der Waals surface area contributed by atoms with Gasteiger partial charge in [-0.2, -0.15) is 0 Å². The summed E-state index contributed by atoms with van der Waals surface area (Å²) in [6.45, 7) is 0. The maximum absolute atomic E-state index is 2.41. The molecular formula is C48H32. The van der Waals surface area contributed by atoms with Crippen molar-refractivity contribution in [2.75, 3.05) is 0 Å². The number of hydrogen-bond acceptors (Lipinski definition) is 0. The summed E-state index contributed by atoms with van der Waals surface area (Å²) in [5.41, 5.74) is 12.4. The SMILES string of the molecule is c1ccc(-c2ccc3c(-c4ccc(-c5ccccc5)c5ccccc45)c4cc(-c5ccccc5)ccc4c(-c4ccccc4)c3c2)cc1. The van der Waals surface area contributed by atoms with E-state index in [0.29, 0.717) is 0 Å². The second-order valence-electron chi connectivity index (χ2n) is 12.4. The summed E-state index contributed by atoms with van der Waals surface area (Å²) < 4.78 is 0. The highest BCUT2D eigenvalue weighted by Gasteiger charge is 2.20. The van der Waals surface area contributed by atoms with Crippen LogP contribution in [0.1, 0.15) is 0 Å². The second-order valence-corrected chi connectivity index (χ2v) is 12.4. The molecule has 9 rings (SSSR count). The van der Waals surface area contributed by atoms with E-state index >= 15 is 0 Å². The van der Waals surface area contributed by atoms with Crippen LogP contribution in [-0.4, -0.2) is 0 Å². The predicted octanol–water partition coefficient (Wildman–Crippen LogP) is 13.5. The van der Waals surface area contributed by atoms with Gasteiger partial charge in [-0.15, -0.1) is 0 Å². The largest absolute Gasteiger partial charge is 0.0622 e. The van der Waals surface area contributed by atoms with Crippen molar-refractivity contribution in [3.8, 4) is 55.6 Å². The van der Waals surface area contributed by atoms with E-state index in [-0.39, 0.29) is 0 Å². The van der Waals surface area contributed by atoms with E-state index in [1.54, 1.807) is 0 Å². The molecule has 0 spiro atoms. The Labute approximate surface area is 281 Å². The summed E-state index contributed by atoms with van der Waals surface area (Å²) in [4.78, 5) is 0. The Kier molecular flexibility index (Phi) is 6.91. The Morgan fingerprint density at radius 2 is 0.583 bits per heavy atom. The van der Waals surface area contributed by atoms with Gasteiger partial charge in [-0.3, -0.25) is 0 Å². The van der Waals surface area contributed by atoms with Crippen molar-refractivity contribution in [3.63, 3.8) is 0 Å². The molecular weight excluding hydrogens is 577 g/mol. The number of benzene rings is 9. The van der Waals surface area contributed by atoms with E-state index in [2.05, 4.69) is 194 Å². The van der Waals surface area contributed by atoms with Gasteiger partial charge in [-0.1, -0.05) is 182 Å². The predicted molar refractivity (Wildman–Crippen MR) is 206 cm³/mol. The molecule has 0 fully saturated rings. The first-order valence-corrected chi connectivity index (χ1v) is 16.6. The molecule has 0 aliphatic rings. The van der Waals surface area contributed by atoms with E-state index in [0.717, 1.165) is 0 Å². The van der Waals surface area contributed by atoms with E-state index in [4.69, 9.17) is 0 Å². The summed E-state index contributed by atoms with van der Waals surface area (Å²) in [6.07, 6.45) is 0. The summed E-state index contributed by atoms with van der Waals surface area (Å²) in [5.74, 6) is 0. The van der Waals surface area contributed by atoms with Crippen LogP contribution in [0.2, 0.25) is 0 Å². The third-order valence-corrected chi connectivity index (χ3v) is 9.67. The molecule has 0 saturated carbocycles. The van der Waals surface area contributed by atoms with Gasteiger partial charge in [0.1, 0.15) is 0 Å². The number of hydrogen-bond donors (Lipinski definition) is 0. The van der Waals surface area contributed by atoms with Gasteiger partial charge in [0.2, 0.25) is 0 Å². The summed E-state index contributed by atoms with van der Waals surface area (Å²) in [7, 11) is 0. The van der Waals surface area contributed by atoms with Gasteiger partial charge in [0.05, 0.1) is 0 Å². The summed E-state index contributed by atoms with van der Waals surface area (Å²) in [6, 6.07) is 70.8. The van der Waals surface area contributed by atoms with Gasteiger partial charge in [-0.25, -0.2) is 0 Å². The van der Waals surface area contributed by atoms with Crippen LogP contribution in [-0.2, 0) is 0 Å². The molecule has 0 radical (unpaired) electrons. The van der Waals surface area contributed by atoms with Crippen LogP contribution in [0.3, 0.4) is 0 Å². The lowest BCUT2D eigenvalue weighted by molar-refractivity contribution is 1.62. The van der Waals surface area contributed by atoms with E-state index < -0.39 is 0 Å². The van der Waals surface area contributed by atoms with Crippen molar-refractivity contribution in [2.24, 2.45) is 0 Å². The minimum absolute atomic E-state index is 1.22. The fourth-order valence-electron chi connectivity index (χ4n) is 7.44. The molecule has 0 heterocycles. The van der Waals surface area contributed by atoms with Crippen molar-refractivity contribution < 1.29 is 0 Å². The summed E-state index contributed by atoms with van der Waals surface area (Å²) >= 11 is 0. The van der Waals surface area contributed by atoms with Gasteiger partial charge in [0, 0.05) is 0 Å². The lowest BCUT2D eigenvalue weighted by atomic mass is 9.82. The molecule has 0 nitrogen and oxygen atoms in total. The van der Waals surface area contributed by atoms with Crippen molar-refractivity contribution in [1.29, 1.82) is 0 Å². The average Bonchev–Trinajstić information content (AvgIpc) is 3.17. The average molecular weight is 609 g/mol. The molecule has 224 valence electrons. The van der Waals surface area contributed by atoms with Crippen LogP contribution in [0, 0.1) is 0 Å². The zero-order valence-corrected chi connectivity index (χ0v) is 26.5. The van der Waals surface area contributed by atoms with Crippen LogP contribution < -0.4 is 0 Å². The number of rotatable bonds is 5. The van der Waals surface area contributed by atoms with Gasteiger partial charge in [0.15, 0.2) is 0 Å². The molecule has 0 amide bonds. The van der Waals surface area contributed by atoms with E-state index in [1.807, 2.05) is 0 Å². The van der Waals surface area contributed by atoms with Crippen molar-refractivity contribution in [3.05, 3.63) is 194 Å². The number of fused-ring (bicyclic) bond motifs is 3. The monoisotopic (exact) mass is 608 g/mol. The maximum Gasteiger partial charge on any atom is -0.00199 e. The lowest BCUT2D eigenvalue weighted by Crippen LogP contribution is -1.94. The fraction of sp³-hybridized carbons (Fsp3) is 0. The van der Waals surface area contributed by atoms with Crippen LogP contribution in [0.4, 0.5) is 0 Å². The highest BCUT2D eigenvalue weighted by molar-refractivity contribution is 6.25. The first-order chi connectivity index (χ1) is 23.8. The molecule has 0 aliphatic carbocycles. The Morgan fingerprint density at radius 1 is 0.188 bits per heavy atom.